The van der Waals surface area contributed by atoms with Gasteiger partial charge in [-0.05, 0) is 24.6 Å². The molecule has 7 heteroatoms. The monoisotopic (exact) mass is 361 g/mol. The van der Waals surface area contributed by atoms with E-state index in [-0.39, 0.29) is 29.2 Å². The lowest BCUT2D eigenvalue weighted by atomic mass is 9.97. The van der Waals surface area contributed by atoms with Crippen LogP contribution >= 0.6 is 0 Å². The van der Waals surface area contributed by atoms with Gasteiger partial charge >= 0.3 is 6.61 Å². The summed E-state index contributed by atoms with van der Waals surface area (Å²) in [6, 6.07) is 14.0. The summed E-state index contributed by atoms with van der Waals surface area (Å²) in [6.07, 6.45) is 0. The topological polar surface area (TPSA) is 62.4 Å². The Hall–Kier alpha value is -2.51. The number of hydrogen-bond acceptors (Lipinski definition) is 4. The highest BCUT2D eigenvalue weighted by Crippen LogP contribution is 2.30. The molecule has 0 aliphatic carbocycles. The highest BCUT2D eigenvalue weighted by atomic mass is 19.3. The minimum atomic E-state index is -2.95. The maximum atomic E-state index is 12.8. The summed E-state index contributed by atoms with van der Waals surface area (Å²) in [5.41, 5.74) is 7.82. The highest BCUT2D eigenvalue weighted by molar-refractivity contribution is 5.95. The standard InChI is InChI=1S/C19H21F2N3O2/c1-12(13-5-3-2-4-6-13)24-18(25)14-7-8-16(15-10-22-23-11-15)17(9-14)26-19(20)21/h2-9,12,15,19,22-23H,10-11H2,1H3,(H,24,25)/t12-/m1/s1. The molecule has 1 heterocycles. The van der Waals surface area contributed by atoms with Gasteiger partial charge in [0.25, 0.3) is 5.91 Å². The van der Waals surface area contributed by atoms with E-state index in [0.717, 1.165) is 5.56 Å². The number of hydrogen-bond donors (Lipinski definition) is 3. The Morgan fingerprint density at radius 3 is 2.50 bits per heavy atom. The number of carbonyl (C=O) groups is 1. The van der Waals surface area contributed by atoms with Crippen LogP contribution in [0.15, 0.2) is 48.5 Å². The first-order valence-corrected chi connectivity index (χ1v) is 8.45. The maximum absolute atomic E-state index is 12.8. The molecule has 1 atom stereocenters. The van der Waals surface area contributed by atoms with E-state index >= 15 is 0 Å². The summed E-state index contributed by atoms with van der Waals surface area (Å²) >= 11 is 0. The van der Waals surface area contributed by atoms with E-state index in [1.165, 1.54) is 6.07 Å². The Morgan fingerprint density at radius 2 is 1.85 bits per heavy atom. The molecule has 0 radical (unpaired) electrons. The molecule has 2 aromatic carbocycles. The Kier molecular flexibility index (Phi) is 5.80. The number of halogens is 2. The maximum Gasteiger partial charge on any atom is 0.387 e. The smallest absolute Gasteiger partial charge is 0.387 e. The normalized spacial score (nSPS) is 15.8. The van der Waals surface area contributed by atoms with Gasteiger partial charge in [-0.1, -0.05) is 36.4 Å². The molecule has 0 saturated carbocycles. The van der Waals surface area contributed by atoms with Crippen molar-refractivity contribution in [1.82, 2.24) is 16.2 Å². The number of carbonyl (C=O) groups excluding carboxylic acids is 1. The summed E-state index contributed by atoms with van der Waals surface area (Å²) in [6.45, 7) is 0.137. The molecule has 0 spiro atoms. The second-order valence-corrected chi connectivity index (χ2v) is 6.20. The van der Waals surface area contributed by atoms with E-state index in [0.29, 0.717) is 18.7 Å². The fourth-order valence-electron chi connectivity index (χ4n) is 3.00. The third-order valence-corrected chi connectivity index (χ3v) is 4.40. The van der Waals surface area contributed by atoms with Crippen molar-refractivity contribution in [3.63, 3.8) is 0 Å². The fourth-order valence-corrected chi connectivity index (χ4v) is 3.00. The molecule has 1 fully saturated rings. The van der Waals surface area contributed by atoms with E-state index in [4.69, 9.17) is 0 Å². The largest absolute Gasteiger partial charge is 0.435 e. The number of alkyl halides is 2. The van der Waals surface area contributed by atoms with Crippen LogP contribution in [-0.2, 0) is 0 Å². The lowest BCUT2D eigenvalue weighted by molar-refractivity contribution is -0.0506. The molecule has 1 amide bonds. The minimum absolute atomic E-state index is 0.00380. The second-order valence-electron chi connectivity index (χ2n) is 6.20. The van der Waals surface area contributed by atoms with Gasteiger partial charge in [0.2, 0.25) is 0 Å². The van der Waals surface area contributed by atoms with Crippen molar-refractivity contribution >= 4 is 5.91 Å². The number of nitrogens with one attached hydrogen (secondary N) is 3. The van der Waals surface area contributed by atoms with E-state index in [1.807, 2.05) is 37.3 Å². The first-order valence-electron chi connectivity index (χ1n) is 8.45. The third-order valence-electron chi connectivity index (χ3n) is 4.40. The van der Waals surface area contributed by atoms with Gasteiger partial charge < -0.3 is 10.1 Å². The molecular weight excluding hydrogens is 340 g/mol. The van der Waals surface area contributed by atoms with E-state index in [1.54, 1.807) is 12.1 Å². The molecule has 3 N–H and O–H groups in total. The van der Waals surface area contributed by atoms with Crippen LogP contribution in [0.5, 0.6) is 5.75 Å². The van der Waals surface area contributed by atoms with Crippen LogP contribution in [0.1, 0.15) is 40.4 Å². The van der Waals surface area contributed by atoms with Gasteiger partial charge in [-0.15, -0.1) is 0 Å². The zero-order valence-electron chi connectivity index (χ0n) is 14.3. The van der Waals surface area contributed by atoms with Crippen LogP contribution in [0.2, 0.25) is 0 Å². The van der Waals surface area contributed by atoms with Crippen molar-refractivity contribution in [3.8, 4) is 5.75 Å². The van der Waals surface area contributed by atoms with Crippen molar-refractivity contribution in [2.75, 3.05) is 13.1 Å². The quantitative estimate of drug-likeness (QED) is 0.740. The van der Waals surface area contributed by atoms with Gasteiger partial charge in [0.1, 0.15) is 5.75 Å². The summed E-state index contributed by atoms with van der Waals surface area (Å²) in [4.78, 5) is 12.5. The lowest BCUT2D eigenvalue weighted by Gasteiger charge is -2.18. The van der Waals surface area contributed by atoms with Crippen LogP contribution in [-0.4, -0.2) is 25.6 Å². The summed E-state index contributed by atoms with van der Waals surface area (Å²) in [5.74, 6) is -0.297. The fraction of sp³-hybridized carbons (Fsp3) is 0.316. The molecule has 0 unspecified atom stereocenters. The van der Waals surface area contributed by atoms with Crippen LogP contribution < -0.4 is 20.9 Å². The molecule has 1 aliphatic heterocycles. The molecular formula is C19H21F2N3O2. The zero-order chi connectivity index (χ0) is 18.5. The summed E-state index contributed by atoms with van der Waals surface area (Å²) in [5, 5.41) is 2.88. The van der Waals surface area contributed by atoms with Crippen LogP contribution in [0.25, 0.3) is 0 Å². The van der Waals surface area contributed by atoms with E-state index in [9.17, 15) is 13.6 Å². The molecule has 2 aromatic rings. The van der Waals surface area contributed by atoms with Crippen LogP contribution in [0.3, 0.4) is 0 Å². The summed E-state index contributed by atoms with van der Waals surface area (Å²) in [7, 11) is 0. The molecule has 0 aromatic heterocycles. The minimum Gasteiger partial charge on any atom is -0.435 e. The molecule has 26 heavy (non-hydrogen) atoms. The van der Waals surface area contributed by atoms with E-state index in [2.05, 4.69) is 20.9 Å². The van der Waals surface area contributed by atoms with Gasteiger partial charge in [-0.3, -0.25) is 15.6 Å². The van der Waals surface area contributed by atoms with E-state index < -0.39 is 6.61 Å². The van der Waals surface area contributed by atoms with Crippen molar-refractivity contribution in [2.45, 2.75) is 25.5 Å². The Balaban J connectivity index is 1.79. The predicted octanol–water partition coefficient (Wildman–Crippen LogP) is 2.97. The lowest BCUT2D eigenvalue weighted by Crippen LogP contribution is -2.26. The van der Waals surface area contributed by atoms with Crippen molar-refractivity contribution in [2.24, 2.45) is 0 Å². The number of benzene rings is 2. The third kappa shape index (κ3) is 4.36. The SMILES string of the molecule is C[C@@H](NC(=O)c1ccc(C2CNNC2)c(OC(F)F)c1)c1ccccc1. The van der Waals surface area contributed by atoms with Gasteiger partial charge in [0.15, 0.2) is 0 Å². The molecule has 138 valence electrons. The first kappa shape index (κ1) is 18.3. The second kappa shape index (κ2) is 8.25. The van der Waals surface area contributed by atoms with Crippen molar-refractivity contribution in [1.29, 1.82) is 0 Å². The molecule has 0 bridgehead atoms. The molecule has 3 rings (SSSR count). The number of amides is 1. The van der Waals surface area contributed by atoms with Crippen LogP contribution in [0.4, 0.5) is 8.78 Å². The molecule has 5 nitrogen and oxygen atoms in total. The van der Waals surface area contributed by atoms with Crippen molar-refractivity contribution in [3.05, 3.63) is 65.2 Å². The van der Waals surface area contributed by atoms with Gasteiger partial charge in [-0.2, -0.15) is 8.78 Å². The van der Waals surface area contributed by atoms with Gasteiger partial charge in [0, 0.05) is 30.1 Å². The Bertz CT molecular complexity index is 750. The van der Waals surface area contributed by atoms with Crippen molar-refractivity contribution < 1.29 is 18.3 Å². The number of hydrazine groups is 1. The highest BCUT2D eigenvalue weighted by Gasteiger charge is 2.23. The van der Waals surface area contributed by atoms with Gasteiger partial charge in [-0.25, -0.2) is 0 Å². The summed E-state index contributed by atoms with van der Waals surface area (Å²) < 4.78 is 30.3. The predicted molar refractivity (Wildman–Crippen MR) is 94.1 cm³/mol. The first-order chi connectivity index (χ1) is 12.5. The molecule has 1 aliphatic rings. The Morgan fingerprint density at radius 1 is 1.15 bits per heavy atom. The zero-order valence-corrected chi connectivity index (χ0v) is 14.3. The molecule has 1 saturated heterocycles. The Labute approximate surface area is 150 Å². The number of ether oxygens (including phenoxy) is 1. The number of rotatable bonds is 6. The van der Waals surface area contributed by atoms with Crippen LogP contribution in [0, 0.1) is 0 Å². The van der Waals surface area contributed by atoms with Gasteiger partial charge in [0.05, 0.1) is 6.04 Å². The average molecular weight is 361 g/mol. The average Bonchev–Trinajstić information content (AvgIpc) is 3.16.